The van der Waals surface area contributed by atoms with Gasteiger partial charge in [-0.3, -0.25) is 0 Å². The van der Waals surface area contributed by atoms with Crippen LogP contribution in [-0.2, 0) is 28.9 Å². The second-order valence-corrected chi connectivity index (χ2v) is 19.9. The first-order valence-corrected chi connectivity index (χ1v) is 21.9. The molecule has 0 amide bonds. The molecule has 0 aromatic heterocycles. The average Bonchev–Trinajstić information content (AvgIpc) is 3.09. The van der Waals surface area contributed by atoms with E-state index in [4.69, 9.17) is 8.67 Å². The van der Waals surface area contributed by atoms with E-state index in [0.29, 0.717) is 37.5 Å². The third kappa shape index (κ3) is 5.67. The number of hydrogen-bond donors (Lipinski definition) is 0. The SMILES string of the molecule is O=S(=O)(OOS(=O)(=O)C1(C2(C3CCCCC3)CCCCC2)CCCCC1)C1(C2(C3CCCCC3)CCCCC2)CCCCC1. The molecule has 44 heavy (non-hydrogen) atoms. The Labute approximate surface area is 269 Å². The van der Waals surface area contributed by atoms with E-state index in [2.05, 4.69) is 0 Å². The molecule has 6 saturated carbocycles. The molecule has 0 aliphatic heterocycles. The van der Waals surface area contributed by atoms with Crippen LogP contribution in [0.5, 0.6) is 0 Å². The van der Waals surface area contributed by atoms with Crippen molar-refractivity contribution in [3.63, 3.8) is 0 Å². The molecule has 0 aromatic rings. The highest BCUT2D eigenvalue weighted by Crippen LogP contribution is 2.64. The summed E-state index contributed by atoms with van der Waals surface area (Å²) in [5, 5.41) is 0. The van der Waals surface area contributed by atoms with Crippen molar-refractivity contribution in [3.8, 4) is 0 Å². The Bertz CT molecular complexity index is 1050. The van der Waals surface area contributed by atoms with E-state index in [0.717, 1.165) is 128 Å². The maximum absolute atomic E-state index is 14.8. The van der Waals surface area contributed by atoms with Gasteiger partial charge >= 0.3 is 20.2 Å². The summed E-state index contributed by atoms with van der Waals surface area (Å²) in [7, 11) is -8.66. The van der Waals surface area contributed by atoms with Crippen LogP contribution in [0.2, 0.25) is 0 Å². The van der Waals surface area contributed by atoms with Crippen LogP contribution in [0.15, 0.2) is 0 Å². The minimum atomic E-state index is -4.33. The van der Waals surface area contributed by atoms with Crippen LogP contribution in [0.1, 0.15) is 193 Å². The molecule has 0 saturated heterocycles. The minimum absolute atomic E-state index is 0.340. The van der Waals surface area contributed by atoms with Crippen LogP contribution < -0.4 is 0 Å². The molecular weight excluding hydrogens is 593 g/mol. The molecule has 0 spiro atoms. The standard InChI is InChI=1S/C36H62O6S2/c37-43(38,35(27-15-5-16-28-35)33(23-11-3-12-24-33)31-19-7-1-8-20-31)41-42-44(39,40)36(29-17-6-18-30-36)34(25-13-4-14-26-34)32-21-9-2-10-22-32/h31-32H,1-30H2. The fourth-order valence-corrected chi connectivity index (χ4v) is 16.8. The van der Waals surface area contributed by atoms with Gasteiger partial charge in [0.05, 0.1) is 0 Å². The van der Waals surface area contributed by atoms with Crippen molar-refractivity contribution >= 4 is 20.2 Å². The van der Waals surface area contributed by atoms with Gasteiger partial charge in [-0.05, 0) is 99.7 Å². The molecule has 6 aliphatic carbocycles. The zero-order chi connectivity index (χ0) is 30.8. The van der Waals surface area contributed by atoms with Crippen LogP contribution in [-0.4, -0.2) is 26.3 Å². The third-order valence-corrected chi connectivity index (χ3v) is 18.7. The molecular formula is C36H62O6S2. The van der Waals surface area contributed by atoms with Crippen molar-refractivity contribution in [2.24, 2.45) is 22.7 Å². The average molecular weight is 655 g/mol. The zero-order valence-corrected chi connectivity index (χ0v) is 29.3. The van der Waals surface area contributed by atoms with E-state index in [1.807, 2.05) is 0 Å². The molecule has 0 N–H and O–H groups in total. The maximum Gasteiger partial charge on any atom is 0.300 e. The smallest absolute Gasteiger partial charge is 0.196 e. The van der Waals surface area contributed by atoms with E-state index in [1.54, 1.807) is 0 Å². The van der Waals surface area contributed by atoms with Gasteiger partial charge in [-0.15, -0.1) is 0 Å². The minimum Gasteiger partial charge on any atom is -0.196 e. The Morgan fingerprint density at radius 1 is 0.341 bits per heavy atom. The lowest BCUT2D eigenvalue weighted by Crippen LogP contribution is -2.61. The molecule has 0 aromatic carbocycles. The van der Waals surface area contributed by atoms with Crippen molar-refractivity contribution < 1.29 is 25.5 Å². The molecule has 6 aliphatic rings. The molecule has 254 valence electrons. The fourth-order valence-electron chi connectivity index (χ4n) is 12.6. The summed E-state index contributed by atoms with van der Waals surface area (Å²) in [6, 6.07) is 0. The molecule has 6 fully saturated rings. The Kier molecular flexibility index (Phi) is 10.5. The van der Waals surface area contributed by atoms with E-state index in [9.17, 15) is 16.8 Å². The van der Waals surface area contributed by atoms with Crippen LogP contribution in [0.3, 0.4) is 0 Å². The molecule has 0 bridgehead atoms. The molecule has 0 unspecified atom stereocenters. The summed E-state index contributed by atoms with van der Waals surface area (Å²) in [5.74, 6) is 0.734. The lowest BCUT2D eigenvalue weighted by atomic mass is 9.53. The largest absolute Gasteiger partial charge is 0.300 e. The van der Waals surface area contributed by atoms with Gasteiger partial charge in [0.1, 0.15) is 9.49 Å². The summed E-state index contributed by atoms with van der Waals surface area (Å²) in [6.45, 7) is 0. The monoisotopic (exact) mass is 654 g/mol. The Hall–Kier alpha value is -0.180. The first-order valence-electron chi connectivity index (χ1n) is 19.1. The van der Waals surface area contributed by atoms with Gasteiger partial charge in [-0.1, -0.05) is 124 Å². The Morgan fingerprint density at radius 3 is 0.886 bits per heavy atom. The summed E-state index contributed by atoms with van der Waals surface area (Å²) in [4.78, 5) is 0. The maximum atomic E-state index is 14.8. The van der Waals surface area contributed by atoms with Gasteiger partial charge < -0.3 is 0 Å². The molecule has 0 atom stereocenters. The highest BCUT2D eigenvalue weighted by molar-refractivity contribution is 7.90. The first kappa shape index (κ1) is 33.7. The van der Waals surface area contributed by atoms with Crippen LogP contribution in [0.4, 0.5) is 0 Å². The fraction of sp³-hybridized carbons (Fsp3) is 1.00. The van der Waals surface area contributed by atoms with E-state index in [-0.39, 0.29) is 10.8 Å². The van der Waals surface area contributed by atoms with Gasteiger partial charge in [0.25, 0.3) is 0 Å². The lowest BCUT2D eigenvalue weighted by molar-refractivity contribution is -0.110. The van der Waals surface area contributed by atoms with Crippen molar-refractivity contribution in [2.75, 3.05) is 0 Å². The van der Waals surface area contributed by atoms with Crippen molar-refractivity contribution in [2.45, 2.75) is 202 Å². The lowest BCUT2D eigenvalue weighted by Gasteiger charge is -2.58. The Balaban J connectivity index is 1.35. The van der Waals surface area contributed by atoms with Gasteiger partial charge in [-0.2, -0.15) is 16.8 Å². The normalized spacial score (nSPS) is 30.5. The Morgan fingerprint density at radius 2 is 0.591 bits per heavy atom. The predicted octanol–water partition coefficient (Wildman–Crippen LogP) is 10.1. The summed E-state index contributed by atoms with van der Waals surface area (Å²) in [6.07, 6.45) is 29.5. The van der Waals surface area contributed by atoms with Gasteiger partial charge in [0, 0.05) is 0 Å². The highest BCUT2D eigenvalue weighted by Gasteiger charge is 2.66. The third-order valence-electron chi connectivity index (χ3n) is 14.6. The van der Waals surface area contributed by atoms with Gasteiger partial charge in [0.15, 0.2) is 0 Å². The molecule has 8 heteroatoms. The topological polar surface area (TPSA) is 86.7 Å². The van der Waals surface area contributed by atoms with Crippen molar-refractivity contribution in [3.05, 3.63) is 0 Å². The van der Waals surface area contributed by atoms with Crippen LogP contribution in [0, 0.1) is 22.7 Å². The van der Waals surface area contributed by atoms with E-state index >= 15 is 0 Å². The van der Waals surface area contributed by atoms with E-state index in [1.165, 1.54) is 38.5 Å². The predicted molar refractivity (Wildman–Crippen MR) is 176 cm³/mol. The van der Waals surface area contributed by atoms with Crippen molar-refractivity contribution in [1.82, 2.24) is 0 Å². The second kappa shape index (κ2) is 13.7. The summed E-state index contributed by atoms with van der Waals surface area (Å²) < 4.78 is 68.6. The van der Waals surface area contributed by atoms with Crippen LogP contribution >= 0.6 is 0 Å². The number of hydrogen-bond acceptors (Lipinski definition) is 6. The van der Waals surface area contributed by atoms with Gasteiger partial charge in [-0.25, -0.2) is 0 Å². The quantitative estimate of drug-likeness (QED) is 0.182. The second-order valence-electron chi connectivity index (χ2n) is 16.3. The van der Waals surface area contributed by atoms with Crippen molar-refractivity contribution in [1.29, 1.82) is 0 Å². The molecule has 6 nitrogen and oxygen atoms in total. The molecule has 6 rings (SSSR count). The highest BCUT2D eigenvalue weighted by atomic mass is 32.2. The van der Waals surface area contributed by atoms with Crippen LogP contribution in [0.25, 0.3) is 0 Å². The number of rotatable bonds is 9. The van der Waals surface area contributed by atoms with E-state index < -0.39 is 29.7 Å². The van der Waals surface area contributed by atoms with Gasteiger partial charge in [0.2, 0.25) is 0 Å². The molecule has 0 radical (unpaired) electrons. The molecule has 0 heterocycles. The zero-order valence-electron chi connectivity index (χ0n) is 27.6. The first-order chi connectivity index (χ1) is 21.2. The summed E-state index contributed by atoms with van der Waals surface area (Å²) >= 11 is 0. The summed E-state index contributed by atoms with van der Waals surface area (Å²) in [5.41, 5.74) is -0.680.